The maximum atomic E-state index is 9.19. The van der Waals surface area contributed by atoms with Gasteiger partial charge >= 0.3 is 0 Å². The van der Waals surface area contributed by atoms with Crippen LogP contribution in [0.2, 0.25) is 15.1 Å². The van der Waals surface area contributed by atoms with E-state index in [1.165, 1.54) is 0 Å². The van der Waals surface area contributed by atoms with Gasteiger partial charge in [-0.2, -0.15) is 5.26 Å². The highest BCUT2D eigenvalue weighted by Gasteiger charge is 2.15. The Hall–Kier alpha value is -0.920. The molecule has 2 nitrogen and oxygen atoms in total. The maximum absolute atomic E-state index is 9.19. The van der Waals surface area contributed by atoms with Crippen molar-refractivity contribution in [3.8, 4) is 6.07 Å². The van der Waals surface area contributed by atoms with Crippen LogP contribution in [-0.2, 0) is 0 Å². The summed E-state index contributed by atoms with van der Waals surface area (Å²) in [4.78, 5) is 0. The van der Waals surface area contributed by atoms with Gasteiger partial charge in [-0.3, -0.25) is 0 Å². The van der Waals surface area contributed by atoms with Gasteiger partial charge in [-0.25, -0.2) is 0 Å². The highest BCUT2D eigenvalue weighted by molar-refractivity contribution is 9.10. The van der Waals surface area contributed by atoms with Crippen LogP contribution in [0.4, 0.5) is 5.69 Å². The van der Waals surface area contributed by atoms with Gasteiger partial charge in [0.15, 0.2) is 0 Å². The van der Waals surface area contributed by atoms with E-state index in [-0.39, 0.29) is 6.04 Å². The summed E-state index contributed by atoms with van der Waals surface area (Å²) < 4.78 is 0.852. The molecular formula is C15H10BrCl3N2. The molecule has 0 amide bonds. The summed E-state index contributed by atoms with van der Waals surface area (Å²) in [6, 6.07) is 11.0. The molecule has 0 radical (unpaired) electrons. The number of halogens is 4. The molecule has 0 bridgehead atoms. The molecule has 2 aromatic rings. The molecule has 0 aliphatic rings. The van der Waals surface area contributed by atoms with Crippen LogP contribution in [-0.4, -0.2) is 0 Å². The van der Waals surface area contributed by atoms with Crippen molar-refractivity contribution in [2.75, 3.05) is 5.32 Å². The number of nitrogens with zero attached hydrogens (tertiary/aromatic N) is 1. The van der Waals surface area contributed by atoms with Gasteiger partial charge in [0, 0.05) is 4.47 Å². The average Bonchev–Trinajstić information content (AvgIpc) is 2.46. The molecule has 6 heteroatoms. The minimum Gasteiger partial charge on any atom is -0.377 e. The largest absolute Gasteiger partial charge is 0.377 e. The molecular weight excluding hydrogens is 394 g/mol. The summed E-state index contributed by atoms with van der Waals surface area (Å²) in [6.07, 6.45) is 0. The third kappa shape index (κ3) is 3.64. The first-order valence-electron chi connectivity index (χ1n) is 6.03. The third-order valence-corrected chi connectivity index (χ3v) is 4.81. The maximum Gasteiger partial charge on any atom is 0.101 e. The molecule has 108 valence electrons. The van der Waals surface area contributed by atoms with Crippen LogP contribution in [0.1, 0.15) is 24.1 Å². The Morgan fingerprint density at radius 3 is 2.52 bits per heavy atom. The fourth-order valence-corrected chi connectivity index (χ4v) is 2.99. The average molecular weight is 405 g/mol. The predicted molar refractivity (Wildman–Crippen MR) is 92.4 cm³/mol. The van der Waals surface area contributed by atoms with Crippen molar-refractivity contribution in [1.82, 2.24) is 0 Å². The zero-order valence-electron chi connectivity index (χ0n) is 10.9. The van der Waals surface area contributed by atoms with Gasteiger partial charge in [0.25, 0.3) is 0 Å². The minimum atomic E-state index is -0.124. The number of hydrogen-bond donors (Lipinski definition) is 1. The Labute approximate surface area is 146 Å². The molecule has 0 spiro atoms. The van der Waals surface area contributed by atoms with Crippen molar-refractivity contribution < 1.29 is 0 Å². The standard InChI is InChI=1S/C15H10BrCl3N2/c1-8(11-3-4-12(17)15(19)14(11)18)21-13-5-2-10(16)6-9(13)7-20/h2-6,8,21H,1H3. The van der Waals surface area contributed by atoms with Crippen molar-refractivity contribution in [2.45, 2.75) is 13.0 Å². The van der Waals surface area contributed by atoms with E-state index in [9.17, 15) is 5.26 Å². The van der Waals surface area contributed by atoms with Crippen LogP contribution < -0.4 is 5.32 Å². The number of anilines is 1. The molecule has 0 heterocycles. The molecule has 0 saturated heterocycles. The van der Waals surface area contributed by atoms with Crippen LogP contribution >= 0.6 is 50.7 Å². The monoisotopic (exact) mass is 402 g/mol. The SMILES string of the molecule is CC(Nc1ccc(Br)cc1C#N)c1ccc(Cl)c(Cl)c1Cl. The van der Waals surface area contributed by atoms with Gasteiger partial charge in [-0.1, -0.05) is 56.8 Å². The summed E-state index contributed by atoms with van der Waals surface area (Å²) in [5.41, 5.74) is 2.10. The molecule has 2 aromatic carbocycles. The van der Waals surface area contributed by atoms with Gasteiger partial charge < -0.3 is 5.32 Å². The van der Waals surface area contributed by atoms with E-state index in [1.54, 1.807) is 12.1 Å². The molecule has 0 aliphatic carbocycles. The first-order valence-corrected chi connectivity index (χ1v) is 7.96. The van der Waals surface area contributed by atoms with Crippen LogP contribution in [0, 0.1) is 11.3 Å². The van der Waals surface area contributed by atoms with Gasteiger partial charge in [-0.05, 0) is 36.8 Å². The minimum absolute atomic E-state index is 0.124. The lowest BCUT2D eigenvalue weighted by Gasteiger charge is -2.19. The van der Waals surface area contributed by atoms with E-state index < -0.39 is 0 Å². The third-order valence-electron chi connectivity index (χ3n) is 3.01. The van der Waals surface area contributed by atoms with Crippen LogP contribution in [0.5, 0.6) is 0 Å². The Bertz CT molecular complexity index is 726. The molecule has 0 saturated carbocycles. The molecule has 0 aromatic heterocycles. The fraction of sp³-hybridized carbons (Fsp3) is 0.133. The smallest absolute Gasteiger partial charge is 0.101 e. The molecule has 0 fully saturated rings. The van der Waals surface area contributed by atoms with Crippen molar-refractivity contribution in [3.05, 3.63) is 61.0 Å². The van der Waals surface area contributed by atoms with Crippen molar-refractivity contribution in [1.29, 1.82) is 5.26 Å². The first-order chi connectivity index (χ1) is 9.93. The molecule has 21 heavy (non-hydrogen) atoms. The Morgan fingerprint density at radius 1 is 1.14 bits per heavy atom. The molecule has 1 unspecified atom stereocenters. The van der Waals surface area contributed by atoms with Crippen LogP contribution in [0.15, 0.2) is 34.8 Å². The Morgan fingerprint density at radius 2 is 1.86 bits per heavy atom. The van der Waals surface area contributed by atoms with E-state index in [0.29, 0.717) is 20.6 Å². The van der Waals surface area contributed by atoms with E-state index in [0.717, 1.165) is 15.7 Å². The van der Waals surface area contributed by atoms with Crippen LogP contribution in [0.25, 0.3) is 0 Å². The second-order valence-corrected chi connectivity index (χ2v) is 6.51. The van der Waals surface area contributed by atoms with E-state index in [2.05, 4.69) is 27.3 Å². The number of nitriles is 1. The van der Waals surface area contributed by atoms with E-state index in [1.807, 2.05) is 25.1 Å². The Balaban J connectivity index is 2.33. The van der Waals surface area contributed by atoms with Gasteiger partial charge in [0.1, 0.15) is 6.07 Å². The number of hydrogen-bond acceptors (Lipinski definition) is 2. The molecule has 1 N–H and O–H groups in total. The first kappa shape index (κ1) is 16.5. The zero-order valence-corrected chi connectivity index (χ0v) is 14.8. The lowest BCUT2D eigenvalue weighted by Crippen LogP contribution is -2.08. The predicted octanol–water partition coefficient (Wildman–Crippen LogP) is 6.45. The number of rotatable bonds is 3. The molecule has 0 aliphatic heterocycles. The van der Waals surface area contributed by atoms with Crippen molar-refractivity contribution in [2.24, 2.45) is 0 Å². The number of nitrogens with one attached hydrogen (secondary N) is 1. The lowest BCUT2D eigenvalue weighted by molar-refractivity contribution is 0.884. The quantitative estimate of drug-likeness (QED) is 0.596. The normalized spacial score (nSPS) is 11.8. The van der Waals surface area contributed by atoms with E-state index >= 15 is 0 Å². The summed E-state index contributed by atoms with van der Waals surface area (Å²) >= 11 is 21.6. The van der Waals surface area contributed by atoms with Gasteiger partial charge in [0.05, 0.1) is 32.4 Å². The molecule has 1 atom stereocenters. The van der Waals surface area contributed by atoms with E-state index in [4.69, 9.17) is 34.8 Å². The van der Waals surface area contributed by atoms with Crippen LogP contribution in [0.3, 0.4) is 0 Å². The van der Waals surface area contributed by atoms with Gasteiger partial charge in [-0.15, -0.1) is 0 Å². The highest BCUT2D eigenvalue weighted by atomic mass is 79.9. The Kier molecular flexibility index (Phi) is 5.40. The van der Waals surface area contributed by atoms with Crippen molar-refractivity contribution in [3.63, 3.8) is 0 Å². The second kappa shape index (κ2) is 6.89. The van der Waals surface area contributed by atoms with Crippen molar-refractivity contribution >= 4 is 56.4 Å². The zero-order chi connectivity index (χ0) is 15.6. The summed E-state index contributed by atoms with van der Waals surface area (Å²) in [5, 5.41) is 13.6. The van der Waals surface area contributed by atoms with Gasteiger partial charge in [0.2, 0.25) is 0 Å². The fourth-order valence-electron chi connectivity index (χ4n) is 1.92. The summed E-state index contributed by atoms with van der Waals surface area (Å²) in [7, 11) is 0. The number of benzene rings is 2. The topological polar surface area (TPSA) is 35.8 Å². The summed E-state index contributed by atoms with van der Waals surface area (Å²) in [6.45, 7) is 1.94. The summed E-state index contributed by atoms with van der Waals surface area (Å²) in [5.74, 6) is 0. The second-order valence-electron chi connectivity index (χ2n) is 4.43. The highest BCUT2D eigenvalue weighted by Crippen LogP contribution is 2.36. The lowest BCUT2D eigenvalue weighted by atomic mass is 10.1. The molecule has 2 rings (SSSR count).